The maximum absolute atomic E-state index is 6.05. The lowest BCUT2D eigenvalue weighted by Gasteiger charge is -2.20. The third kappa shape index (κ3) is 3.41. The van der Waals surface area contributed by atoms with Crippen LogP contribution in [0.1, 0.15) is 24.4 Å². The molecule has 1 atom stereocenters. The van der Waals surface area contributed by atoms with Crippen molar-refractivity contribution < 1.29 is 0 Å². The molecule has 0 heterocycles. The van der Waals surface area contributed by atoms with Gasteiger partial charge in [0.15, 0.2) is 0 Å². The molecule has 20 heavy (non-hydrogen) atoms. The maximum Gasteiger partial charge on any atom is 0.0542 e. The molecule has 0 aliphatic heterocycles. The highest BCUT2D eigenvalue weighted by Crippen LogP contribution is 2.43. The van der Waals surface area contributed by atoms with Gasteiger partial charge in [-0.05, 0) is 54.7 Å². The molecule has 1 unspecified atom stereocenters. The molecule has 2 aromatic rings. The Hall–Kier alpha value is -0.890. The molecule has 0 bridgehead atoms. The molecule has 4 heteroatoms. The number of hydrogen-bond acceptors (Lipinski definition) is 1. The average molecular weight is 327 g/mol. The fraction of sp³-hybridized carbons (Fsp3) is 0.250. The Morgan fingerprint density at radius 3 is 2.00 bits per heavy atom. The van der Waals surface area contributed by atoms with Gasteiger partial charge in [0, 0.05) is 20.8 Å². The SMILES string of the molecule is Clc1ccc(C(Nc2cc(Cl)cc(Cl)c2)C2CC2)cc1. The molecule has 0 radical (unpaired) electrons. The van der Waals surface area contributed by atoms with Crippen molar-refractivity contribution in [1.29, 1.82) is 0 Å². The van der Waals surface area contributed by atoms with Crippen molar-refractivity contribution in [3.05, 3.63) is 63.1 Å². The normalized spacial score (nSPS) is 15.9. The Morgan fingerprint density at radius 1 is 0.850 bits per heavy atom. The number of benzene rings is 2. The zero-order chi connectivity index (χ0) is 14.1. The quantitative estimate of drug-likeness (QED) is 0.704. The summed E-state index contributed by atoms with van der Waals surface area (Å²) in [6, 6.07) is 13.8. The molecular weight excluding hydrogens is 313 g/mol. The van der Waals surface area contributed by atoms with Crippen molar-refractivity contribution in [2.24, 2.45) is 5.92 Å². The molecule has 2 aromatic carbocycles. The molecule has 1 fully saturated rings. The van der Waals surface area contributed by atoms with E-state index in [2.05, 4.69) is 17.4 Å². The Bertz CT molecular complexity index is 585. The summed E-state index contributed by atoms with van der Waals surface area (Å²) in [5.74, 6) is 0.661. The van der Waals surface area contributed by atoms with Gasteiger partial charge in [-0.15, -0.1) is 0 Å². The first-order valence-electron chi connectivity index (χ1n) is 6.60. The number of hydrogen-bond donors (Lipinski definition) is 1. The molecule has 0 spiro atoms. The van der Waals surface area contributed by atoms with Gasteiger partial charge in [0.05, 0.1) is 6.04 Å². The Labute approximate surface area is 133 Å². The van der Waals surface area contributed by atoms with Crippen molar-refractivity contribution in [2.45, 2.75) is 18.9 Å². The number of anilines is 1. The van der Waals surface area contributed by atoms with Crippen LogP contribution in [0.3, 0.4) is 0 Å². The number of halogens is 3. The minimum atomic E-state index is 0.279. The van der Waals surface area contributed by atoms with Gasteiger partial charge in [0.1, 0.15) is 0 Å². The van der Waals surface area contributed by atoms with E-state index in [-0.39, 0.29) is 6.04 Å². The summed E-state index contributed by atoms with van der Waals surface area (Å²) in [7, 11) is 0. The van der Waals surface area contributed by atoms with Gasteiger partial charge in [-0.1, -0.05) is 46.9 Å². The minimum Gasteiger partial charge on any atom is -0.378 e. The van der Waals surface area contributed by atoms with E-state index in [9.17, 15) is 0 Å². The first-order chi connectivity index (χ1) is 9.61. The zero-order valence-corrected chi connectivity index (χ0v) is 13.0. The van der Waals surface area contributed by atoms with Crippen LogP contribution in [0.25, 0.3) is 0 Å². The van der Waals surface area contributed by atoms with E-state index in [1.165, 1.54) is 18.4 Å². The van der Waals surface area contributed by atoms with Crippen LogP contribution in [-0.2, 0) is 0 Å². The number of nitrogens with one attached hydrogen (secondary N) is 1. The molecule has 3 rings (SSSR count). The smallest absolute Gasteiger partial charge is 0.0542 e. The van der Waals surface area contributed by atoms with E-state index < -0.39 is 0 Å². The van der Waals surface area contributed by atoms with Crippen LogP contribution in [0.4, 0.5) is 5.69 Å². The second-order valence-electron chi connectivity index (χ2n) is 5.17. The summed E-state index contributed by atoms with van der Waals surface area (Å²) in [4.78, 5) is 0. The Balaban J connectivity index is 1.86. The average Bonchev–Trinajstić information content (AvgIpc) is 3.20. The molecule has 1 N–H and O–H groups in total. The molecule has 0 saturated heterocycles. The lowest BCUT2D eigenvalue weighted by molar-refractivity contribution is 0.679. The Morgan fingerprint density at radius 2 is 1.45 bits per heavy atom. The highest BCUT2D eigenvalue weighted by Gasteiger charge is 2.32. The topological polar surface area (TPSA) is 12.0 Å². The van der Waals surface area contributed by atoms with Crippen molar-refractivity contribution in [3.63, 3.8) is 0 Å². The van der Waals surface area contributed by atoms with Gasteiger partial charge >= 0.3 is 0 Å². The fourth-order valence-corrected chi connectivity index (χ4v) is 3.04. The van der Waals surface area contributed by atoms with Crippen LogP contribution >= 0.6 is 34.8 Å². The predicted octanol–water partition coefficient (Wildman–Crippen LogP) is 6.21. The molecule has 0 amide bonds. The summed E-state index contributed by atoms with van der Waals surface area (Å²) in [5, 5.41) is 5.59. The predicted molar refractivity (Wildman–Crippen MR) is 87.0 cm³/mol. The monoisotopic (exact) mass is 325 g/mol. The summed E-state index contributed by atoms with van der Waals surface area (Å²) in [5.41, 5.74) is 2.20. The molecular formula is C16H14Cl3N. The van der Waals surface area contributed by atoms with Gasteiger partial charge in [-0.25, -0.2) is 0 Å². The molecule has 1 saturated carbocycles. The van der Waals surface area contributed by atoms with E-state index in [0.29, 0.717) is 16.0 Å². The van der Waals surface area contributed by atoms with Gasteiger partial charge < -0.3 is 5.32 Å². The van der Waals surface area contributed by atoms with E-state index in [1.807, 2.05) is 24.3 Å². The molecule has 1 nitrogen and oxygen atoms in total. The summed E-state index contributed by atoms with van der Waals surface area (Å²) < 4.78 is 0. The van der Waals surface area contributed by atoms with Crippen molar-refractivity contribution in [3.8, 4) is 0 Å². The maximum atomic E-state index is 6.05. The highest BCUT2D eigenvalue weighted by molar-refractivity contribution is 6.35. The standard InChI is InChI=1S/C16H14Cl3N/c17-12-5-3-11(4-6-12)16(10-1-2-10)20-15-8-13(18)7-14(19)9-15/h3-10,16,20H,1-2H2. The van der Waals surface area contributed by atoms with E-state index >= 15 is 0 Å². The van der Waals surface area contributed by atoms with Crippen LogP contribution in [0.5, 0.6) is 0 Å². The van der Waals surface area contributed by atoms with Gasteiger partial charge in [-0.2, -0.15) is 0 Å². The van der Waals surface area contributed by atoms with Crippen molar-refractivity contribution >= 4 is 40.5 Å². The van der Waals surface area contributed by atoms with Gasteiger partial charge in [0.2, 0.25) is 0 Å². The summed E-state index contributed by atoms with van der Waals surface area (Å²) in [6.07, 6.45) is 2.49. The lowest BCUT2D eigenvalue weighted by atomic mass is 10.0. The van der Waals surface area contributed by atoms with E-state index in [4.69, 9.17) is 34.8 Å². The number of rotatable bonds is 4. The molecule has 1 aliphatic rings. The van der Waals surface area contributed by atoms with Crippen LogP contribution in [0.15, 0.2) is 42.5 Å². The van der Waals surface area contributed by atoms with Crippen molar-refractivity contribution in [1.82, 2.24) is 0 Å². The second kappa shape index (κ2) is 5.85. The molecule has 0 aromatic heterocycles. The zero-order valence-electron chi connectivity index (χ0n) is 10.7. The van der Waals surface area contributed by atoms with Gasteiger partial charge in [0.25, 0.3) is 0 Å². The van der Waals surface area contributed by atoms with E-state index in [1.54, 1.807) is 6.07 Å². The third-order valence-electron chi connectivity index (χ3n) is 3.51. The van der Waals surface area contributed by atoms with Crippen LogP contribution in [0.2, 0.25) is 15.1 Å². The first-order valence-corrected chi connectivity index (χ1v) is 7.73. The summed E-state index contributed by atoms with van der Waals surface area (Å²) in [6.45, 7) is 0. The first kappa shape index (κ1) is 14.1. The van der Waals surface area contributed by atoms with Gasteiger partial charge in [-0.3, -0.25) is 0 Å². The second-order valence-corrected chi connectivity index (χ2v) is 6.48. The molecule has 1 aliphatic carbocycles. The van der Waals surface area contributed by atoms with Crippen LogP contribution in [-0.4, -0.2) is 0 Å². The van der Waals surface area contributed by atoms with Crippen LogP contribution < -0.4 is 5.32 Å². The largest absolute Gasteiger partial charge is 0.378 e. The molecule has 104 valence electrons. The third-order valence-corrected chi connectivity index (χ3v) is 4.20. The lowest BCUT2D eigenvalue weighted by Crippen LogP contribution is -2.12. The summed E-state index contributed by atoms with van der Waals surface area (Å²) >= 11 is 18.1. The fourth-order valence-electron chi connectivity index (χ4n) is 2.39. The minimum absolute atomic E-state index is 0.279. The Kier molecular flexibility index (Phi) is 4.11. The van der Waals surface area contributed by atoms with Crippen molar-refractivity contribution in [2.75, 3.05) is 5.32 Å². The van der Waals surface area contributed by atoms with E-state index in [0.717, 1.165) is 10.7 Å². The van der Waals surface area contributed by atoms with Crippen LogP contribution in [0, 0.1) is 5.92 Å². The highest BCUT2D eigenvalue weighted by atomic mass is 35.5.